The number of allylic oxidation sites excluding steroid dienone is 6. The van der Waals surface area contributed by atoms with E-state index in [9.17, 15) is 15.0 Å². The van der Waals surface area contributed by atoms with Crippen molar-refractivity contribution < 1.29 is 19.7 Å². The van der Waals surface area contributed by atoms with Crippen LogP contribution in [0.3, 0.4) is 0 Å². The van der Waals surface area contributed by atoms with E-state index in [4.69, 9.17) is 4.74 Å². The Bertz CT molecular complexity index is 764. The highest BCUT2D eigenvalue weighted by molar-refractivity contribution is 6.01. The molecule has 124 valence electrons. The number of hydrogen-bond donors (Lipinski definition) is 2. The van der Waals surface area contributed by atoms with Gasteiger partial charge < -0.3 is 14.9 Å². The minimum atomic E-state index is -0.246. The molecule has 0 aliphatic carbocycles. The number of phenols is 2. The van der Waals surface area contributed by atoms with Gasteiger partial charge in [0.2, 0.25) is 0 Å². The van der Waals surface area contributed by atoms with E-state index in [1.165, 1.54) is 18.4 Å². The lowest BCUT2D eigenvalue weighted by molar-refractivity contribution is -0.114. The highest BCUT2D eigenvalue weighted by atomic mass is 16.5. The topological polar surface area (TPSA) is 66.8 Å². The van der Waals surface area contributed by atoms with Crippen molar-refractivity contribution in [3.8, 4) is 11.5 Å². The fraction of sp³-hybridized carbons (Fsp3) is 0.150. The lowest BCUT2D eigenvalue weighted by Gasteiger charge is -2.13. The predicted molar refractivity (Wildman–Crippen MR) is 94.6 cm³/mol. The van der Waals surface area contributed by atoms with Gasteiger partial charge in [-0.2, -0.15) is 0 Å². The van der Waals surface area contributed by atoms with Crippen LogP contribution < -0.4 is 0 Å². The number of benzene rings is 1. The van der Waals surface area contributed by atoms with Gasteiger partial charge in [-0.25, -0.2) is 0 Å². The second kappa shape index (κ2) is 8.02. The molecule has 1 aliphatic rings. The molecule has 24 heavy (non-hydrogen) atoms. The summed E-state index contributed by atoms with van der Waals surface area (Å²) in [6, 6.07) is 2.85. The minimum Gasteiger partial charge on any atom is -0.504 e. The van der Waals surface area contributed by atoms with E-state index in [1.807, 2.05) is 19.1 Å². The van der Waals surface area contributed by atoms with E-state index in [2.05, 4.69) is 6.58 Å². The molecule has 2 N–H and O–H groups in total. The zero-order valence-corrected chi connectivity index (χ0v) is 13.5. The van der Waals surface area contributed by atoms with Crippen molar-refractivity contribution in [2.24, 2.45) is 0 Å². The molecular formula is C20H20O4. The second-order valence-electron chi connectivity index (χ2n) is 5.26. The molecule has 1 heterocycles. The van der Waals surface area contributed by atoms with Crippen LogP contribution in [0.15, 0.2) is 66.5 Å². The molecule has 4 heteroatoms. The van der Waals surface area contributed by atoms with Crippen molar-refractivity contribution in [1.82, 2.24) is 0 Å². The number of fused-ring (bicyclic) bond motifs is 1. The van der Waals surface area contributed by atoms with Crippen LogP contribution in [0, 0.1) is 0 Å². The number of carbonyl (C=O) groups excluding carboxylic acids is 1. The van der Waals surface area contributed by atoms with Crippen LogP contribution in [0.25, 0.3) is 6.08 Å². The SMILES string of the molecule is C=C/C=C(\C=C/C)C1=C/OC/C=C\c2cc(O)c(O)cc2CC\1=O. The number of ketones is 1. The Morgan fingerprint density at radius 3 is 2.75 bits per heavy atom. The molecule has 0 saturated carbocycles. The van der Waals surface area contributed by atoms with Crippen LogP contribution in [0.5, 0.6) is 11.5 Å². The third-order valence-corrected chi connectivity index (χ3v) is 3.53. The number of phenolic OH excluding ortho intramolecular Hbond substituents is 2. The largest absolute Gasteiger partial charge is 0.504 e. The molecule has 4 nitrogen and oxygen atoms in total. The van der Waals surface area contributed by atoms with Crippen LogP contribution in [0.4, 0.5) is 0 Å². The number of aromatic hydroxyl groups is 2. The second-order valence-corrected chi connectivity index (χ2v) is 5.26. The molecule has 1 aliphatic heterocycles. The zero-order valence-electron chi connectivity index (χ0n) is 13.5. The van der Waals surface area contributed by atoms with Gasteiger partial charge in [-0.3, -0.25) is 4.79 Å². The van der Waals surface area contributed by atoms with Gasteiger partial charge >= 0.3 is 0 Å². The van der Waals surface area contributed by atoms with Gasteiger partial charge in [0.15, 0.2) is 17.3 Å². The van der Waals surface area contributed by atoms with Crippen LogP contribution in [-0.2, 0) is 16.0 Å². The summed E-state index contributed by atoms with van der Waals surface area (Å²) in [7, 11) is 0. The number of ether oxygens (including phenoxy) is 1. The first-order valence-electron chi connectivity index (χ1n) is 7.59. The normalized spacial score (nSPS) is 19.1. The van der Waals surface area contributed by atoms with Crippen molar-refractivity contribution >= 4 is 11.9 Å². The Labute approximate surface area is 141 Å². The van der Waals surface area contributed by atoms with E-state index in [0.29, 0.717) is 22.3 Å². The molecule has 0 bridgehead atoms. The standard InChI is InChI=1S/C20H20O4/c1-3-6-14(7-4-2)17-13-24-9-5-8-15-10-19(22)20(23)12-16(15)11-18(17)21/h3-8,10,12-13,22-23H,1,9,11H2,2H3/b7-4-,8-5-,14-6+,17-13-. The first-order valence-corrected chi connectivity index (χ1v) is 7.59. The lowest BCUT2D eigenvalue weighted by Crippen LogP contribution is -2.10. The van der Waals surface area contributed by atoms with E-state index in [1.54, 1.807) is 24.3 Å². The smallest absolute Gasteiger partial charge is 0.170 e. The van der Waals surface area contributed by atoms with Gasteiger partial charge in [0, 0.05) is 6.42 Å². The molecule has 0 aromatic heterocycles. The molecule has 0 atom stereocenters. The van der Waals surface area contributed by atoms with Crippen molar-refractivity contribution in [1.29, 1.82) is 0 Å². The minimum absolute atomic E-state index is 0.0781. The van der Waals surface area contributed by atoms with E-state index >= 15 is 0 Å². The predicted octanol–water partition coefficient (Wildman–Crippen LogP) is 3.83. The lowest BCUT2D eigenvalue weighted by atomic mass is 9.94. The maximum Gasteiger partial charge on any atom is 0.170 e. The molecule has 0 spiro atoms. The molecule has 1 aromatic carbocycles. The first kappa shape index (κ1) is 17.3. The fourth-order valence-corrected chi connectivity index (χ4v) is 2.41. The molecule has 0 saturated heterocycles. The zero-order chi connectivity index (χ0) is 17.5. The van der Waals surface area contributed by atoms with Gasteiger partial charge in [-0.1, -0.05) is 37.0 Å². The summed E-state index contributed by atoms with van der Waals surface area (Å²) in [4.78, 5) is 12.8. The Hall–Kier alpha value is -3.01. The monoisotopic (exact) mass is 324 g/mol. The Morgan fingerprint density at radius 2 is 2.04 bits per heavy atom. The summed E-state index contributed by atoms with van der Waals surface area (Å²) in [6.45, 7) is 5.82. The fourth-order valence-electron chi connectivity index (χ4n) is 2.41. The van der Waals surface area contributed by atoms with E-state index < -0.39 is 0 Å². The maximum absolute atomic E-state index is 12.8. The van der Waals surface area contributed by atoms with Gasteiger partial charge in [0.1, 0.15) is 6.61 Å². The van der Waals surface area contributed by atoms with Crippen molar-refractivity contribution in [2.75, 3.05) is 6.61 Å². The van der Waals surface area contributed by atoms with Gasteiger partial charge in [0.25, 0.3) is 0 Å². The van der Waals surface area contributed by atoms with Crippen molar-refractivity contribution in [3.05, 3.63) is 77.6 Å². The van der Waals surface area contributed by atoms with E-state index in [-0.39, 0.29) is 30.3 Å². The average Bonchev–Trinajstić information content (AvgIpc) is 2.54. The number of rotatable bonds is 3. The molecule has 1 aromatic rings. The van der Waals surface area contributed by atoms with Gasteiger partial charge in [0.05, 0.1) is 11.8 Å². The van der Waals surface area contributed by atoms with Gasteiger partial charge in [-0.15, -0.1) is 0 Å². The number of Topliss-reactive ketones (excluding diaryl/α,β-unsaturated/α-hetero) is 1. The summed E-state index contributed by atoms with van der Waals surface area (Å²) in [6.07, 6.45) is 12.1. The molecular weight excluding hydrogens is 304 g/mol. The Balaban J connectivity index is 2.49. The van der Waals surface area contributed by atoms with Crippen LogP contribution >= 0.6 is 0 Å². The quantitative estimate of drug-likeness (QED) is 0.655. The third-order valence-electron chi connectivity index (χ3n) is 3.53. The molecule has 0 fully saturated rings. The maximum atomic E-state index is 12.8. The third kappa shape index (κ3) is 4.04. The molecule has 0 amide bonds. The summed E-state index contributed by atoms with van der Waals surface area (Å²) in [5, 5.41) is 19.4. The van der Waals surface area contributed by atoms with E-state index in [0.717, 1.165) is 0 Å². The van der Waals surface area contributed by atoms with Crippen LogP contribution in [0.2, 0.25) is 0 Å². The summed E-state index contributed by atoms with van der Waals surface area (Å²) in [5.74, 6) is -0.618. The van der Waals surface area contributed by atoms with Crippen molar-refractivity contribution in [2.45, 2.75) is 13.3 Å². The molecule has 0 unspecified atom stereocenters. The Morgan fingerprint density at radius 1 is 1.29 bits per heavy atom. The summed E-state index contributed by atoms with van der Waals surface area (Å²) < 4.78 is 5.45. The summed E-state index contributed by atoms with van der Waals surface area (Å²) >= 11 is 0. The first-order chi connectivity index (χ1) is 11.6. The summed E-state index contributed by atoms with van der Waals surface area (Å²) in [5.41, 5.74) is 2.44. The average molecular weight is 324 g/mol. The van der Waals surface area contributed by atoms with Crippen molar-refractivity contribution in [3.63, 3.8) is 0 Å². The molecule has 0 radical (unpaired) electrons. The number of hydrogen-bond acceptors (Lipinski definition) is 4. The van der Waals surface area contributed by atoms with Crippen LogP contribution in [-0.4, -0.2) is 22.6 Å². The van der Waals surface area contributed by atoms with Gasteiger partial charge in [-0.05, 0) is 41.8 Å². The highest BCUT2D eigenvalue weighted by Crippen LogP contribution is 2.30. The van der Waals surface area contributed by atoms with Crippen LogP contribution in [0.1, 0.15) is 18.1 Å². The Kier molecular flexibility index (Phi) is 5.79. The molecule has 2 rings (SSSR count). The number of carbonyl (C=O) groups is 1. The highest BCUT2D eigenvalue weighted by Gasteiger charge is 2.17.